The lowest BCUT2D eigenvalue weighted by Gasteiger charge is -2.26. The van der Waals surface area contributed by atoms with Gasteiger partial charge in [-0.15, -0.1) is 0 Å². The van der Waals surface area contributed by atoms with Crippen molar-refractivity contribution < 1.29 is 19.1 Å². The summed E-state index contributed by atoms with van der Waals surface area (Å²) in [7, 11) is 1.61. The molecule has 0 saturated heterocycles. The van der Waals surface area contributed by atoms with Gasteiger partial charge in [0, 0.05) is 37.0 Å². The lowest BCUT2D eigenvalue weighted by atomic mass is 9.95. The maximum absolute atomic E-state index is 12.0. The Morgan fingerprint density at radius 1 is 1.08 bits per heavy atom. The van der Waals surface area contributed by atoms with Crippen LogP contribution >= 0.6 is 0 Å². The van der Waals surface area contributed by atoms with Crippen LogP contribution in [0.15, 0.2) is 47.0 Å². The van der Waals surface area contributed by atoms with Gasteiger partial charge in [-0.2, -0.15) is 9.97 Å². The number of aliphatic hydroxyl groups is 1. The maximum Gasteiger partial charge on any atom is 0.251 e. The van der Waals surface area contributed by atoms with Crippen LogP contribution in [0.2, 0.25) is 0 Å². The number of carbonyl (C=O) groups is 1. The van der Waals surface area contributed by atoms with Crippen LogP contribution in [0.4, 0.5) is 11.6 Å². The SMILES string of the molecule is CNC(=O)c1ccc(Nc2nc(OC3CCC(O)CC3)c3c(-c4ccc5nc(C)oc5c4)c[nH]c3n2)c(C)c1. The van der Waals surface area contributed by atoms with Crippen molar-refractivity contribution in [3.05, 3.63) is 59.6 Å². The highest BCUT2D eigenvalue weighted by atomic mass is 16.5. The summed E-state index contributed by atoms with van der Waals surface area (Å²) in [6.07, 6.45) is 4.44. The average molecular weight is 527 g/mol. The van der Waals surface area contributed by atoms with E-state index in [1.165, 1.54) is 0 Å². The van der Waals surface area contributed by atoms with Gasteiger partial charge in [0.05, 0.1) is 11.5 Å². The summed E-state index contributed by atoms with van der Waals surface area (Å²) in [5.41, 5.74) is 6.20. The highest BCUT2D eigenvalue weighted by Crippen LogP contribution is 2.37. The van der Waals surface area contributed by atoms with Crippen LogP contribution in [0.5, 0.6) is 5.88 Å². The van der Waals surface area contributed by atoms with Gasteiger partial charge in [-0.05, 0) is 74.1 Å². The first-order valence-electron chi connectivity index (χ1n) is 13.1. The van der Waals surface area contributed by atoms with E-state index >= 15 is 0 Å². The Morgan fingerprint density at radius 2 is 1.90 bits per heavy atom. The summed E-state index contributed by atoms with van der Waals surface area (Å²) >= 11 is 0. The second-order valence-corrected chi connectivity index (χ2v) is 9.98. The van der Waals surface area contributed by atoms with Crippen molar-refractivity contribution in [3.63, 3.8) is 0 Å². The van der Waals surface area contributed by atoms with E-state index in [-0.39, 0.29) is 18.1 Å². The molecule has 0 aliphatic heterocycles. The minimum absolute atomic E-state index is 0.0601. The molecule has 0 unspecified atom stereocenters. The van der Waals surface area contributed by atoms with Crippen molar-refractivity contribution in [3.8, 4) is 17.0 Å². The monoisotopic (exact) mass is 526 g/mol. The van der Waals surface area contributed by atoms with E-state index in [9.17, 15) is 9.90 Å². The zero-order chi connectivity index (χ0) is 27.1. The largest absolute Gasteiger partial charge is 0.474 e. The van der Waals surface area contributed by atoms with E-state index in [4.69, 9.17) is 19.1 Å². The topological polar surface area (TPSA) is 138 Å². The van der Waals surface area contributed by atoms with Gasteiger partial charge in [0.25, 0.3) is 5.91 Å². The van der Waals surface area contributed by atoms with Gasteiger partial charge in [0.15, 0.2) is 11.5 Å². The van der Waals surface area contributed by atoms with Crippen LogP contribution in [-0.4, -0.2) is 50.2 Å². The Bertz CT molecular complexity index is 1680. The number of H-pyrrole nitrogens is 1. The van der Waals surface area contributed by atoms with E-state index in [1.54, 1.807) is 13.1 Å². The van der Waals surface area contributed by atoms with Gasteiger partial charge in [-0.3, -0.25) is 4.79 Å². The van der Waals surface area contributed by atoms with Crippen molar-refractivity contribution in [2.45, 2.75) is 51.7 Å². The number of benzene rings is 2. The van der Waals surface area contributed by atoms with Gasteiger partial charge in [-0.1, -0.05) is 6.07 Å². The lowest BCUT2D eigenvalue weighted by Crippen LogP contribution is -2.27. The summed E-state index contributed by atoms with van der Waals surface area (Å²) in [6.45, 7) is 3.75. The Morgan fingerprint density at radius 3 is 2.67 bits per heavy atom. The standard InChI is InChI=1S/C29H30N6O4/c1-15-12-18(27(37)30-3)5-10-22(15)33-29-34-26-25(28(35-29)39-20-8-6-19(36)7-9-20)21(14-31-26)17-4-11-23-24(13-17)38-16(2)32-23/h4-5,10-14,19-20,36H,6-9H2,1-3H3,(H,30,37)(H2,31,33,34,35). The number of ether oxygens (including phenoxy) is 1. The number of aromatic nitrogens is 4. The minimum Gasteiger partial charge on any atom is -0.474 e. The molecule has 1 amide bonds. The first-order valence-corrected chi connectivity index (χ1v) is 13.1. The molecule has 6 rings (SSSR count). The van der Waals surface area contributed by atoms with Crippen LogP contribution in [0.3, 0.4) is 0 Å². The van der Waals surface area contributed by atoms with E-state index in [1.807, 2.05) is 50.4 Å². The molecule has 3 heterocycles. The number of fused-ring (bicyclic) bond motifs is 2. The lowest BCUT2D eigenvalue weighted by molar-refractivity contribution is 0.0652. The van der Waals surface area contributed by atoms with Crippen LogP contribution in [-0.2, 0) is 0 Å². The minimum atomic E-state index is -0.284. The second kappa shape index (κ2) is 10.0. The molecular formula is C29H30N6O4. The van der Waals surface area contributed by atoms with E-state index < -0.39 is 0 Å². The normalized spacial score (nSPS) is 17.4. The molecule has 10 heteroatoms. The predicted molar refractivity (Wildman–Crippen MR) is 148 cm³/mol. The van der Waals surface area contributed by atoms with Crippen molar-refractivity contribution >= 4 is 39.7 Å². The zero-order valence-electron chi connectivity index (χ0n) is 22.0. The third kappa shape index (κ3) is 4.90. The van der Waals surface area contributed by atoms with Gasteiger partial charge in [0.2, 0.25) is 11.8 Å². The number of carbonyl (C=O) groups excluding carboxylic acids is 1. The van der Waals surface area contributed by atoms with Gasteiger partial charge in [-0.25, -0.2) is 4.98 Å². The fraction of sp³-hybridized carbons (Fsp3) is 0.310. The number of aliphatic hydroxyl groups excluding tert-OH is 1. The van der Waals surface area contributed by atoms with E-state index in [2.05, 4.69) is 20.6 Å². The molecule has 39 heavy (non-hydrogen) atoms. The van der Waals surface area contributed by atoms with Gasteiger partial charge < -0.3 is 29.9 Å². The quantitative estimate of drug-likeness (QED) is 0.238. The van der Waals surface area contributed by atoms with Crippen molar-refractivity contribution in [2.75, 3.05) is 12.4 Å². The fourth-order valence-electron chi connectivity index (χ4n) is 5.11. The average Bonchev–Trinajstić information content (AvgIpc) is 3.53. The number of oxazole rings is 1. The molecule has 0 bridgehead atoms. The Labute approximate surface area is 224 Å². The van der Waals surface area contributed by atoms with Crippen LogP contribution in [0.25, 0.3) is 33.3 Å². The fourth-order valence-corrected chi connectivity index (χ4v) is 5.11. The molecule has 0 spiro atoms. The number of nitrogens with one attached hydrogen (secondary N) is 3. The maximum atomic E-state index is 12.0. The van der Waals surface area contributed by atoms with Crippen LogP contribution < -0.4 is 15.4 Å². The number of hydrogen-bond acceptors (Lipinski definition) is 8. The summed E-state index contributed by atoms with van der Waals surface area (Å²) < 4.78 is 12.3. The highest BCUT2D eigenvalue weighted by Gasteiger charge is 2.24. The van der Waals surface area contributed by atoms with E-state index in [0.29, 0.717) is 47.4 Å². The Hall–Kier alpha value is -4.44. The number of amides is 1. The molecular weight excluding hydrogens is 496 g/mol. The Kier molecular flexibility index (Phi) is 6.40. The molecule has 1 fully saturated rings. The third-order valence-corrected chi connectivity index (χ3v) is 7.19. The predicted octanol–water partition coefficient (Wildman–Crippen LogP) is 5.17. The first-order chi connectivity index (χ1) is 18.9. The van der Waals surface area contributed by atoms with Crippen molar-refractivity contribution in [2.24, 2.45) is 0 Å². The number of aromatic amines is 1. The highest BCUT2D eigenvalue weighted by molar-refractivity contribution is 5.99. The smallest absolute Gasteiger partial charge is 0.251 e. The van der Waals surface area contributed by atoms with Gasteiger partial charge >= 0.3 is 0 Å². The Balaban J connectivity index is 1.40. The third-order valence-electron chi connectivity index (χ3n) is 7.19. The molecule has 1 aliphatic carbocycles. The summed E-state index contributed by atoms with van der Waals surface area (Å²) in [5, 5.41) is 16.7. The van der Waals surface area contributed by atoms with Gasteiger partial charge in [0.1, 0.15) is 17.3 Å². The molecule has 200 valence electrons. The number of hydrogen-bond donors (Lipinski definition) is 4. The molecule has 10 nitrogen and oxygen atoms in total. The van der Waals surface area contributed by atoms with Crippen LogP contribution in [0.1, 0.15) is 47.5 Å². The molecule has 2 aromatic carbocycles. The number of rotatable bonds is 6. The summed E-state index contributed by atoms with van der Waals surface area (Å²) in [6, 6.07) is 11.3. The number of aryl methyl sites for hydroxylation is 2. The van der Waals surface area contributed by atoms with Crippen molar-refractivity contribution in [1.82, 2.24) is 25.3 Å². The van der Waals surface area contributed by atoms with Crippen LogP contribution in [0, 0.1) is 13.8 Å². The second-order valence-electron chi connectivity index (χ2n) is 9.98. The molecule has 3 aromatic heterocycles. The number of nitrogens with zero attached hydrogens (tertiary/aromatic N) is 3. The number of anilines is 2. The van der Waals surface area contributed by atoms with Crippen molar-refractivity contribution in [1.29, 1.82) is 0 Å². The van der Waals surface area contributed by atoms with E-state index in [0.717, 1.165) is 46.1 Å². The zero-order valence-corrected chi connectivity index (χ0v) is 22.0. The molecule has 4 N–H and O–H groups in total. The summed E-state index contributed by atoms with van der Waals surface area (Å²) in [4.78, 5) is 29.3. The molecule has 5 aromatic rings. The molecule has 1 saturated carbocycles. The molecule has 0 radical (unpaired) electrons. The first kappa shape index (κ1) is 24.9. The molecule has 0 atom stereocenters. The molecule has 1 aliphatic rings. The summed E-state index contributed by atoms with van der Waals surface area (Å²) in [5.74, 6) is 1.31.